The molecular weight excluding hydrogens is 266 g/mol. The highest BCUT2D eigenvalue weighted by Gasteiger charge is 2.13. The molecule has 0 aliphatic heterocycles. The fourth-order valence-electron chi connectivity index (χ4n) is 1.31. The molecule has 0 fully saturated rings. The van der Waals surface area contributed by atoms with Crippen molar-refractivity contribution in [2.45, 2.75) is 24.7 Å². The molecule has 1 rings (SSSR count). The van der Waals surface area contributed by atoms with E-state index in [1.54, 1.807) is 0 Å². The van der Waals surface area contributed by atoms with Crippen molar-refractivity contribution in [1.82, 2.24) is 4.72 Å². The molecule has 0 spiro atoms. The van der Waals surface area contributed by atoms with Crippen LogP contribution < -0.4 is 9.46 Å². The third-order valence-electron chi connectivity index (χ3n) is 2.34. The highest BCUT2D eigenvalue weighted by atomic mass is 32.2. The van der Waals surface area contributed by atoms with Crippen LogP contribution in [0.25, 0.3) is 0 Å². The van der Waals surface area contributed by atoms with Crippen LogP contribution in [0.4, 0.5) is 0 Å². The molecule has 0 radical (unpaired) electrons. The van der Waals surface area contributed by atoms with E-state index in [1.807, 2.05) is 6.92 Å². The van der Waals surface area contributed by atoms with E-state index in [4.69, 9.17) is 4.74 Å². The first-order valence-corrected chi connectivity index (χ1v) is 7.42. The summed E-state index contributed by atoms with van der Waals surface area (Å²) in [6, 6.07) is 5.63. The number of sulfonamides is 1. The molecule has 0 atom stereocenters. The Balaban J connectivity index is 2.74. The largest absolute Gasteiger partial charge is 0.423 e. The standard InChI is InChI=1S/C13H17NO4S/c1-3-5-10-14-19(16,17)12-8-6-11(7-9-12)18-13(15)4-2/h4,6-9,14H,2-3,5,10H2,1H3. The van der Waals surface area contributed by atoms with Crippen molar-refractivity contribution in [3.05, 3.63) is 36.9 Å². The van der Waals surface area contributed by atoms with Crippen molar-refractivity contribution >= 4 is 16.0 Å². The molecule has 0 heterocycles. The Labute approximate surface area is 113 Å². The van der Waals surface area contributed by atoms with Crippen molar-refractivity contribution in [3.8, 4) is 5.75 Å². The van der Waals surface area contributed by atoms with E-state index in [1.165, 1.54) is 24.3 Å². The minimum absolute atomic E-state index is 0.141. The Bertz CT molecular complexity index is 534. The summed E-state index contributed by atoms with van der Waals surface area (Å²) in [6.07, 6.45) is 2.74. The van der Waals surface area contributed by atoms with Crippen LogP contribution in [-0.4, -0.2) is 20.9 Å². The van der Waals surface area contributed by atoms with Gasteiger partial charge < -0.3 is 4.74 Å². The smallest absolute Gasteiger partial charge is 0.335 e. The topological polar surface area (TPSA) is 72.5 Å². The number of rotatable bonds is 7. The summed E-state index contributed by atoms with van der Waals surface area (Å²) in [5.41, 5.74) is 0. The van der Waals surface area contributed by atoms with Gasteiger partial charge in [0.15, 0.2) is 0 Å². The minimum atomic E-state index is -3.49. The van der Waals surface area contributed by atoms with Gasteiger partial charge in [0, 0.05) is 12.6 Å². The zero-order valence-corrected chi connectivity index (χ0v) is 11.6. The quantitative estimate of drug-likeness (QED) is 0.359. The van der Waals surface area contributed by atoms with Crippen LogP contribution >= 0.6 is 0 Å². The van der Waals surface area contributed by atoms with Gasteiger partial charge >= 0.3 is 5.97 Å². The molecule has 1 aromatic carbocycles. The number of hydrogen-bond donors (Lipinski definition) is 1. The summed E-state index contributed by atoms with van der Waals surface area (Å²) < 4.78 is 31.1. The number of esters is 1. The summed E-state index contributed by atoms with van der Waals surface area (Å²) in [5.74, 6) is -0.311. The van der Waals surface area contributed by atoms with Gasteiger partial charge in [0.2, 0.25) is 10.0 Å². The number of ether oxygens (including phenoxy) is 1. The van der Waals surface area contributed by atoms with Gasteiger partial charge in [-0.25, -0.2) is 17.9 Å². The molecule has 0 saturated carbocycles. The first kappa shape index (κ1) is 15.4. The fraction of sp³-hybridized carbons (Fsp3) is 0.308. The highest BCUT2D eigenvalue weighted by Crippen LogP contribution is 2.16. The lowest BCUT2D eigenvalue weighted by molar-refractivity contribution is -0.128. The van der Waals surface area contributed by atoms with E-state index in [-0.39, 0.29) is 10.6 Å². The fourth-order valence-corrected chi connectivity index (χ4v) is 2.39. The highest BCUT2D eigenvalue weighted by molar-refractivity contribution is 7.89. The van der Waals surface area contributed by atoms with Crippen molar-refractivity contribution in [3.63, 3.8) is 0 Å². The third-order valence-corrected chi connectivity index (χ3v) is 3.82. The summed E-state index contributed by atoms with van der Waals surface area (Å²) in [4.78, 5) is 11.1. The molecule has 0 bridgehead atoms. The van der Waals surface area contributed by atoms with Crippen LogP contribution in [0.2, 0.25) is 0 Å². The van der Waals surface area contributed by atoms with Gasteiger partial charge in [-0.05, 0) is 30.7 Å². The van der Waals surface area contributed by atoms with Crippen LogP contribution in [0.15, 0.2) is 41.8 Å². The molecule has 104 valence electrons. The van der Waals surface area contributed by atoms with Gasteiger partial charge in [-0.3, -0.25) is 0 Å². The molecule has 0 amide bonds. The number of hydrogen-bond acceptors (Lipinski definition) is 4. The van der Waals surface area contributed by atoms with Crippen LogP contribution in [0, 0.1) is 0 Å². The van der Waals surface area contributed by atoms with Crippen molar-refractivity contribution in [2.75, 3.05) is 6.54 Å². The molecule has 0 aromatic heterocycles. The molecule has 6 heteroatoms. The lowest BCUT2D eigenvalue weighted by atomic mass is 10.3. The molecule has 0 unspecified atom stereocenters. The zero-order chi connectivity index (χ0) is 14.3. The van der Waals surface area contributed by atoms with Gasteiger partial charge in [-0.1, -0.05) is 19.9 Å². The molecule has 1 N–H and O–H groups in total. The maximum absolute atomic E-state index is 11.9. The predicted molar refractivity (Wildman–Crippen MR) is 72.4 cm³/mol. The normalized spacial score (nSPS) is 11.0. The molecular formula is C13H17NO4S. The van der Waals surface area contributed by atoms with Crippen LogP contribution in [-0.2, 0) is 14.8 Å². The number of carbonyl (C=O) groups is 1. The Morgan fingerprint density at radius 3 is 2.53 bits per heavy atom. The lowest BCUT2D eigenvalue weighted by Gasteiger charge is -2.07. The van der Waals surface area contributed by atoms with E-state index < -0.39 is 16.0 Å². The summed E-state index contributed by atoms with van der Waals surface area (Å²) in [6.45, 7) is 5.67. The second-order valence-corrected chi connectivity index (χ2v) is 5.61. The minimum Gasteiger partial charge on any atom is -0.423 e. The molecule has 5 nitrogen and oxygen atoms in total. The van der Waals surface area contributed by atoms with Crippen LogP contribution in [0.5, 0.6) is 5.75 Å². The number of benzene rings is 1. The SMILES string of the molecule is C=CC(=O)Oc1ccc(S(=O)(=O)NCCCC)cc1. The Morgan fingerprint density at radius 2 is 2.00 bits per heavy atom. The first-order valence-electron chi connectivity index (χ1n) is 5.93. The zero-order valence-electron chi connectivity index (χ0n) is 10.8. The van der Waals surface area contributed by atoms with E-state index >= 15 is 0 Å². The molecule has 0 aliphatic carbocycles. The molecule has 0 aliphatic rings. The second kappa shape index (κ2) is 7.06. The third kappa shape index (κ3) is 4.84. The van der Waals surface area contributed by atoms with E-state index in [0.717, 1.165) is 18.9 Å². The van der Waals surface area contributed by atoms with Gasteiger partial charge in [-0.15, -0.1) is 0 Å². The second-order valence-electron chi connectivity index (χ2n) is 3.85. The Hall–Kier alpha value is -1.66. The average Bonchev–Trinajstić information content (AvgIpc) is 2.39. The summed E-state index contributed by atoms with van der Waals surface area (Å²) >= 11 is 0. The lowest BCUT2D eigenvalue weighted by Crippen LogP contribution is -2.24. The Morgan fingerprint density at radius 1 is 1.37 bits per heavy atom. The van der Waals surface area contributed by atoms with E-state index in [2.05, 4.69) is 11.3 Å². The molecule has 0 saturated heterocycles. The average molecular weight is 283 g/mol. The molecule has 19 heavy (non-hydrogen) atoms. The number of unbranched alkanes of at least 4 members (excludes halogenated alkanes) is 1. The summed E-state index contributed by atoms with van der Waals surface area (Å²) in [5, 5.41) is 0. The van der Waals surface area contributed by atoms with E-state index in [9.17, 15) is 13.2 Å². The summed E-state index contributed by atoms with van der Waals surface area (Å²) in [7, 11) is -3.49. The Kier molecular flexibility index (Phi) is 5.72. The van der Waals surface area contributed by atoms with Crippen LogP contribution in [0.3, 0.4) is 0 Å². The predicted octanol–water partition coefficient (Wildman–Crippen LogP) is 1.86. The number of nitrogens with one attached hydrogen (secondary N) is 1. The van der Waals surface area contributed by atoms with Crippen molar-refractivity contribution < 1.29 is 17.9 Å². The van der Waals surface area contributed by atoms with Gasteiger partial charge in [0.25, 0.3) is 0 Å². The molecule has 1 aromatic rings. The van der Waals surface area contributed by atoms with Crippen LogP contribution in [0.1, 0.15) is 19.8 Å². The maximum Gasteiger partial charge on any atom is 0.335 e. The van der Waals surface area contributed by atoms with Gasteiger partial charge in [0.1, 0.15) is 5.75 Å². The number of carbonyl (C=O) groups excluding carboxylic acids is 1. The van der Waals surface area contributed by atoms with Crippen molar-refractivity contribution in [2.24, 2.45) is 0 Å². The monoisotopic (exact) mass is 283 g/mol. The van der Waals surface area contributed by atoms with Gasteiger partial charge in [-0.2, -0.15) is 0 Å². The first-order chi connectivity index (χ1) is 8.99. The van der Waals surface area contributed by atoms with Gasteiger partial charge in [0.05, 0.1) is 4.90 Å². The van der Waals surface area contributed by atoms with E-state index in [0.29, 0.717) is 6.54 Å². The maximum atomic E-state index is 11.9. The van der Waals surface area contributed by atoms with Crippen molar-refractivity contribution in [1.29, 1.82) is 0 Å².